The Morgan fingerprint density at radius 3 is 2.83 bits per heavy atom. The molecule has 0 radical (unpaired) electrons. The van der Waals surface area contributed by atoms with E-state index in [1.54, 1.807) is 0 Å². The SMILES string of the molecule is NC1CCCCC1C(=O)Nc1nc(C2CC2)cs1. The first-order valence-electron chi connectivity index (χ1n) is 6.76. The monoisotopic (exact) mass is 265 g/mol. The molecule has 1 aromatic rings. The van der Waals surface area contributed by atoms with Crippen molar-refractivity contribution in [2.45, 2.75) is 50.5 Å². The van der Waals surface area contributed by atoms with E-state index >= 15 is 0 Å². The van der Waals surface area contributed by atoms with Gasteiger partial charge in [-0.2, -0.15) is 0 Å². The van der Waals surface area contributed by atoms with E-state index in [1.165, 1.54) is 24.2 Å². The second-order valence-electron chi connectivity index (χ2n) is 5.40. The summed E-state index contributed by atoms with van der Waals surface area (Å²) in [4.78, 5) is 16.6. The summed E-state index contributed by atoms with van der Waals surface area (Å²) in [6.45, 7) is 0. The van der Waals surface area contributed by atoms with Crippen LogP contribution >= 0.6 is 11.3 Å². The maximum atomic E-state index is 12.1. The molecule has 2 aliphatic carbocycles. The van der Waals surface area contributed by atoms with Gasteiger partial charge in [-0.1, -0.05) is 12.8 Å². The van der Waals surface area contributed by atoms with Gasteiger partial charge in [0.15, 0.2) is 5.13 Å². The smallest absolute Gasteiger partial charge is 0.230 e. The van der Waals surface area contributed by atoms with E-state index in [-0.39, 0.29) is 17.9 Å². The standard InChI is InChI=1S/C13H19N3OS/c14-10-4-2-1-3-9(10)12(17)16-13-15-11(7-18-13)8-5-6-8/h7-10H,1-6,14H2,(H,15,16,17). The van der Waals surface area contributed by atoms with Crippen molar-refractivity contribution < 1.29 is 4.79 Å². The number of anilines is 1. The molecule has 98 valence electrons. The maximum absolute atomic E-state index is 12.1. The lowest BCUT2D eigenvalue weighted by Gasteiger charge is -2.26. The van der Waals surface area contributed by atoms with Crippen LogP contribution in [0.5, 0.6) is 0 Å². The quantitative estimate of drug-likeness (QED) is 0.882. The minimum atomic E-state index is -0.0352. The van der Waals surface area contributed by atoms with Crippen LogP contribution in [0.3, 0.4) is 0 Å². The zero-order chi connectivity index (χ0) is 12.5. The van der Waals surface area contributed by atoms with Gasteiger partial charge in [-0.25, -0.2) is 4.98 Å². The largest absolute Gasteiger partial charge is 0.327 e. The molecule has 2 fully saturated rings. The van der Waals surface area contributed by atoms with Crippen LogP contribution in [-0.4, -0.2) is 16.9 Å². The molecule has 1 amide bonds. The molecule has 0 aliphatic heterocycles. The molecule has 0 spiro atoms. The minimum absolute atomic E-state index is 0.0154. The highest BCUT2D eigenvalue weighted by atomic mass is 32.1. The van der Waals surface area contributed by atoms with Gasteiger partial charge in [-0.15, -0.1) is 11.3 Å². The second kappa shape index (κ2) is 4.97. The molecule has 0 bridgehead atoms. The highest BCUT2D eigenvalue weighted by Crippen LogP contribution is 2.41. The number of carbonyl (C=O) groups excluding carboxylic acids is 1. The van der Waals surface area contributed by atoms with Crippen molar-refractivity contribution in [2.75, 3.05) is 5.32 Å². The molecule has 3 N–H and O–H groups in total. The van der Waals surface area contributed by atoms with E-state index in [2.05, 4.69) is 15.7 Å². The third-order valence-electron chi connectivity index (χ3n) is 3.90. The number of amides is 1. The molecule has 0 aromatic carbocycles. The van der Waals surface area contributed by atoms with E-state index in [0.29, 0.717) is 5.92 Å². The molecule has 2 aliphatic rings. The molecule has 4 nitrogen and oxygen atoms in total. The summed E-state index contributed by atoms with van der Waals surface area (Å²) in [5.74, 6) is 0.662. The van der Waals surface area contributed by atoms with Crippen molar-refractivity contribution in [3.05, 3.63) is 11.1 Å². The van der Waals surface area contributed by atoms with Crippen molar-refractivity contribution in [3.8, 4) is 0 Å². The molecular formula is C13H19N3OS. The first-order valence-corrected chi connectivity index (χ1v) is 7.64. The average Bonchev–Trinajstić information content (AvgIpc) is 3.11. The number of hydrogen-bond donors (Lipinski definition) is 2. The van der Waals surface area contributed by atoms with Gasteiger partial charge >= 0.3 is 0 Å². The van der Waals surface area contributed by atoms with Gasteiger partial charge < -0.3 is 11.1 Å². The first kappa shape index (κ1) is 12.1. The van der Waals surface area contributed by atoms with Crippen LogP contribution in [0.15, 0.2) is 5.38 Å². The van der Waals surface area contributed by atoms with Gasteiger partial charge in [0.05, 0.1) is 11.6 Å². The third-order valence-corrected chi connectivity index (χ3v) is 4.68. The molecular weight excluding hydrogens is 246 g/mol. The Kier molecular flexibility index (Phi) is 3.35. The van der Waals surface area contributed by atoms with E-state index in [0.717, 1.165) is 36.5 Å². The predicted octanol–water partition coefficient (Wildman–Crippen LogP) is 2.48. The van der Waals surface area contributed by atoms with E-state index < -0.39 is 0 Å². The van der Waals surface area contributed by atoms with Gasteiger partial charge in [-0.3, -0.25) is 4.79 Å². The lowest BCUT2D eigenvalue weighted by molar-refractivity contribution is -0.121. The summed E-state index contributed by atoms with van der Waals surface area (Å²) in [6, 6.07) is 0.0154. The van der Waals surface area contributed by atoms with Crippen LogP contribution in [0.25, 0.3) is 0 Å². The Bertz CT molecular complexity index is 441. The van der Waals surface area contributed by atoms with Crippen molar-refractivity contribution in [2.24, 2.45) is 11.7 Å². The van der Waals surface area contributed by atoms with Gasteiger partial charge in [-0.05, 0) is 25.7 Å². The Morgan fingerprint density at radius 2 is 2.11 bits per heavy atom. The Morgan fingerprint density at radius 1 is 1.33 bits per heavy atom. The fourth-order valence-corrected chi connectivity index (χ4v) is 3.39. The fraction of sp³-hybridized carbons (Fsp3) is 0.692. The molecule has 18 heavy (non-hydrogen) atoms. The Balaban J connectivity index is 1.61. The van der Waals surface area contributed by atoms with Crippen molar-refractivity contribution >= 4 is 22.4 Å². The van der Waals surface area contributed by atoms with Crippen LogP contribution < -0.4 is 11.1 Å². The number of carbonyl (C=O) groups is 1. The van der Waals surface area contributed by atoms with Crippen LogP contribution in [0.4, 0.5) is 5.13 Å². The lowest BCUT2D eigenvalue weighted by atomic mass is 9.84. The van der Waals surface area contributed by atoms with Gasteiger partial charge in [0, 0.05) is 17.3 Å². The third kappa shape index (κ3) is 2.57. The van der Waals surface area contributed by atoms with Crippen molar-refractivity contribution in [1.82, 2.24) is 4.98 Å². The summed E-state index contributed by atoms with van der Waals surface area (Å²) in [7, 11) is 0. The predicted molar refractivity (Wildman–Crippen MR) is 72.7 cm³/mol. The van der Waals surface area contributed by atoms with Crippen LogP contribution in [0.1, 0.15) is 50.1 Å². The molecule has 2 atom stereocenters. The number of aromatic nitrogens is 1. The molecule has 2 unspecified atom stereocenters. The molecule has 1 heterocycles. The van der Waals surface area contributed by atoms with Crippen LogP contribution in [0, 0.1) is 5.92 Å². The van der Waals surface area contributed by atoms with Crippen LogP contribution in [-0.2, 0) is 4.79 Å². The average molecular weight is 265 g/mol. The number of hydrogen-bond acceptors (Lipinski definition) is 4. The Labute approximate surface area is 111 Å². The summed E-state index contributed by atoms with van der Waals surface area (Å²) >= 11 is 1.53. The minimum Gasteiger partial charge on any atom is -0.327 e. The van der Waals surface area contributed by atoms with E-state index in [4.69, 9.17) is 5.73 Å². The summed E-state index contributed by atoms with van der Waals surface area (Å²) in [6.07, 6.45) is 6.61. The number of rotatable bonds is 3. The van der Waals surface area contributed by atoms with Crippen LogP contribution in [0.2, 0.25) is 0 Å². The number of nitrogens with two attached hydrogens (primary N) is 1. The molecule has 3 rings (SSSR count). The fourth-order valence-electron chi connectivity index (χ4n) is 2.59. The summed E-state index contributed by atoms with van der Waals surface area (Å²) in [5.41, 5.74) is 7.16. The highest BCUT2D eigenvalue weighted by molar-refractivity contribution is 7.13. The van der Waals surface area contributed by atoms with Gasteiger partial charge in [0.1, 0.15) is 0 Å². The summed E-state index contributed by atoms with van der Waals surface area (Å²) in [5, 5.41) is 5.73. The number of nitrogens with zero attached hydrogens (tertiary/aromatic N) is 1. The zero-order valence-corrected chi connectivity index (χ0v) is 11.2. The van der Waals surface area contributed by atoms with Crippen molar-refractivity contribution in [1.29, 1.82) is 0 Å². The maximum Gasteiger partial charge on any atom is 0.230 e. The summed E-state index contributed by atoms with van der Waals surface area (Å²) < 4.78 is 0. The lowest BCUT2D eigenvalue weighted by Crippen LogP contribution is -2.40. The molecule has 1 aromatic heterocycles. The Hall–Kier alpha value is -0.940. The van der Waals surface area contributed by atoms with Crippen molar-refractivity contribution in [3.63, 3.8) is 0 Å². The topological polar surface area (TPSA) is 68.0 Å². The molecule has 2 saturated carbocycles. The number of nitrogens with one attached hydrogen (secondary N) is 1. The normalized spacial score (nSPS) is 28.1. The second-order valence-corrected chi connectivity index (χ2v) is 6.25. The van der Waals surface area contributed by atoms with Gasteiger partial charge in [0.2, 0.25) is 5.91 Å². The zero-order valence-electron chi connectivity index (χ0n) is 10.4. The van der Waals surface area contributed by atoms with E-state index in [1.807, 2.05) is 0 Å². The first-order chi connectivity index (χ1) is 8.74. The van der Waals surface area contributed by atoms with E-state index in [9.17, 15) is 4.79 Å². The highest BCUT2D eigenvalue weighted by Gasteiger charge is 2.30. The molecule has 5 heteroatoms. The van der Waals surface area contributed by atoms with Gasteiger partial charge in [0.25, 0.3) is 0 Å². The molecule has 0 saturated heterocycles. The number of thiazole rings is 1.